The van der Waals surface area contributed by atoms with E-state index in [-0.39, 0.29) is 6.04 Å². The highest BCUT2D eigenvalue weighted by Gasteiger charge is 2.18. The maximum absolute atomic E-state index is 9.00. The molecule has 1 aliphatic rings. The van der Waals surface area contributed by atoms with E-state index >= 15 is 0 Å². The SMILES string of the molecule is CCCNC(C#N)CN1CCC(C)CC1. The summed E-state index contributed by atoms with van der Waals surface area (Å²) in [6.45, 7) is 8.60. The van der Waals surface area contributed by atoms with E-state index in [2.05, 4.69) is 30.1 Å². The predicted molar refractivity (Wildman–Crippen MR) is 62.5 cm³/mol. The maximum atomic E-state index is 9.00. The third kappa shape index (κ3) is 4.63. The highest BCUT2D eigenvalue weighted by atomic mass is 15.2. The number of nitrogens with zero attached hydrogens (tertiary/aromatic N) is 2. The van der Waals surface area contributed by atoms with Crippen molar-refractivity contribution in [3.63, 3.8) is 0 Å². The van der Waals surface area contributed by atoms with Gasteiger partial charge in [-0.1, -0.05) is 13.8 Å². The summed E-state index contributed by atoms with van der Waals surface area (Å²) in [5.74, 6) is 0.866. The Balaban J connectivity index is 2.23. The maximum Gasteiger partial charge on any atom is 0.108 e. The van der Waals surface area contributed by atoms with Gasteiger partial charge in [-0.05, 0) is 44.8 Å². The lowest BCUT2D eigenvalue weighted by molar-refractivity contribution is 0.184. The molecule has 1 saturated heterocycles. The molecule has 1 heterocycles. The largest absolute Gasteiger partial charge is 0.301 e. The molecule has 0 aliphatic carbocycles. The summed E-state index contributed by atoms with van der Waals surface area (Å²) in [7, 11) is 0. The summed E-state index contributed by atoms with van der Waals surface area (Å²) < 4.78 is 0. The minimum atomic E-state index is 0.0124. The predicted octanol–water partition coefficient (Wildman–Crippen LogP) is 1.61. The van der Waals surface area contributed by atoms with Gasteiger partial charge in [-0.3, -0.25) is 0 Å². The Labute approximate surface area is 93.5 Å². The molecule has 0 radical (unpaired) electrons. The van der Waals surface area contributed by atoms with Crippen LogP contribution in [0.2, 0.25) is 0 Å². The van der Waals surface area contributed by atoms with Gasteiger partial charge in [0.1, 0.15) is 6.04 Å². The minimum Gasteiger partial charge on any atom is -0.301 e. The Kier molecular flexibility index (Phi) is 5.67. The van der Waals surface area contributed by atoms with Crippen molar-refractivity contribution < 1.29 is 0 Å². The van der Waals surface area contributed by atoms with Crippen LogP contribution >= 0.6 is 0 Å². The smallest absolute Gasteiger partial charge is 0.108 e. The number of rotatable bonds is 5. The van der Waals surface area contributed by atoms with Crippen LogP contribution in [-0.2, 0) is 0 Å². The standard InChI is InChI=1S/C12H23N3/c1-3-6-14-12(9-13)10-15-7-4-11(2)5-8-15/h11-12,14H,3-8,10H2,1-2H3. The summed E-state index contributed by atoms with van der Waals surface area (Å²) in [5, 5.41) is 12.3. The van der Waals surface area contributed by atoms with Crippen molar-refractivity contribution in [2.24, 2.45) is 5.92 Å². The molecule has 0 aromatic rings. The second kappa shape index (κ2) is 6.81. The molecule has 0 bridgehead atoms. The van der Waals surface area contributed by atoms with E-state index in [9.17, 15) is 0 Å². The zero-order valence-electron chi connectivity index (χ0n) is 10.00. The van der Waals surface area contributed by atoms with E-state index in [0.29, 0.717) is 0 Å². The molecular weight excluding hydrogens is 186 g/mol. The zero-order valence-corrected chi connectivity index (χ0v) is 10.00. The summed E-state index contributed by atoms with van der Waals surface area (Å²) >= 11 is 0. The van der Waals surface area contributed by atoms with Crippen LogP contribution in [0.25, 0.3) is 0 Å². The van der Waals surface area contributed by atoms with Gasteiger partial charge < -0.3 is 10.2 Å². The van der Waals surface area contributed by atoms with Crippen molar-refractivity contribution in [1.82, 2.24) is 10.2 Å². The van der Waals surface area contributed by atoms with Crippen LogP contribution in [0.5, 0.6) is 0 Å². The van der Waals surface area contributed by atoms with Crippen LogP contribution in [0.3, 0.4) is 0 Å². The van der Waals surface area contributed by atoms with Crippen LogP contribution in [-0.4, -0.2) is 37.1 Å². The van der Waals surface area contributed by atoms with Crippen molar-refractivity contribution in [3.8, 4) is 6.07 Å². The molecule has 15 heavy (non-hydrogen) atoms. The van der Waals surface area contributed by atoms with Crippen molar-refractivity contribution in [1.29, 1.82) is 5.26 Å². The normalized spacial score (nSPS) is 21.1. The molecule has 0 aromatic heterocycles. The van der Waals surface area contributed by atoms with Crippen molar-refractivity contribution in [3.05, 3.63) is 0 Å². The fourth-order valence-corrected chi connectivity index (χ4v) is 1.97. The van der Waals surface area contributed by atoms with Gasteiger partial charge in [0.15, 0.2) is 0 Å². The fraction of sp³-hybridized carbons (Fsp3) is 0.917. The quantitative estimate of drug-likeness (QED) is 0.747. The molecule has 3 nitrogen and oxygen atoms in total. The number of hydrogen-bond acceptors (Lipinski definition) is 3. The Morgan fingerprint density at radius 1 is 1.47 bits per heavy atom. The highest BCUT2D eigenvalue weighted by Crippen LogP contribution is 2.15. The first-order valence-electron chi connectivity index (χ1n) is 6.11. The molecule has 0 spiro atoms. The lowest BCUT2D eigenvalue weighted by Crippen LogP contribution is -2.43. The van der Waals surface area contributed by atoms with E-state index in [1.165, 1.54) is 12.8 Å². The minimum absolute atomic E-state index is 0.0124. The molecular formula is C12H23N3. The first-order chi connectivity index (χ1) is 7.26. The molecule has 0 aromatic carbocycles. The summed E-state index contributed by atoms with van der Waals surface area (Å²) in [6, 6.07) is 2.35. The summed E-state index contributed by atoms with van der Waals surface area (Å²) in [5.41, 5.74) is 0. The molecule has 1 unspecified atom stereocenters. The molecule has 1 N–H and O–H groups in total. The van der Waals surface area contributed by atoms with Gasteiger partial charge in [-0.25, -0.2) is 0 Å². The van der Waals surface area contributed by atoms with E-state index in [4.69, 9.17) is 5.26 Å². The number of hydrogen-bond donors (Lipinski definition) is 1. The van der Waals surface area contributed by atoms with Crippen LogP contribution in [0.1, 0.15) is 33.1 Å². The van der Waals surface area contributed by atoms with Crippen LogP contribution in [0, 0.1) is 17.2 Å². The van der Waals surface area contributed by atoms with Gasteiger partial charge in [-0.2, -0.15) is 5.26 Å². The number of nitriles is 1. The Hall–Kier alpha value is -0.590. The van der Waals surface area contributed by atoms with Gasteiger partial charge in [0.25, 0.3) is 0 Å². The topological polar surface area (TPSA) is 39.1 Å². The molecule has 0 amide bonds. The van der Waals surface area contributed by atoms with E-state index in [1.807, 2.05) is 0 Å². The molecule has 1 atom stereocenters. The van der Waals surface area contributed by atoms with E-state index < -0.39 is 0 Å². The van der Waals surface area contributed by atoms with E-state index in [0.717, 1.165) is 38.5 Å². The first kappa shape index (κ1) is 12.5. The average molecular weight is 209 g/mol. The Morgan fingerprint density at radius 3 is 2.67 bits per heavy atom. The lowest BCUT2D eigenvalue weighted by Gasteiger charge is -2.31. The van der Waals surface area contributed by atoms with Crippen molar-refractivity contribution in [2.45, 2.75) is 39.2 Å². The Bertz CT molecular complexity index is 201. The number of piperidine rings is 1. The zero-order chi connectivity index (χ0) is 11.1. The molecule has 1 rings (SSSR count). The summed E-state index contributed by atoms with van der Waals surface area (Å²) in [6.07, 6.45) is 3.66. The number of likely N-dealkylation sites (tertiary alicyclic amines) is 1. The lowest BCUT2D eigenvalue weighted by atomic mass is 9.99. The second-order valence-corrected chi connectivity index (χ2v) is 4.62. The van der Waals surface area contributed by atoms with Gasteiger partial charge in [-0.15, -0.1) is 0 Å². The third-order valence-corrected chi connectivity index (χ3v) is 3.11. The van der Waals surface area contributed by atoms with Gasteiger partial charge in [0.2, 0.25) is 0 Å². The van der Waals surface area contributed by atoms with Crippen LogP contribution in [0.15, 0.2) is 0 Å². The molecule has 1 fully saturated rings. The van der Waals surface area contributed by atoms with E-state index in [1.54, 1.807) is 0 Å². The number of nitrogens with one attached hydrogen (secondary N) is 1. The van der Waals surface area contributed by atoms with Crippen LogP contribution in [0.4, 0.5) is 0 Å². The fourth-order valence-electron chi connectivity index (χ4n) is 1.97. The Morgan fingerprint density at radius 2 is 2.13 bits per heavy atom. The van der Waals surface area contributed by atoms with Gasteiger partial charge in [0, 0.05) is 6.54 Å². The van der Waals surface area contributed by atoms with Crippen molar-refractivity contribution in [2.75, 3.05) is 26.2 Å². The molecule has 86 valence electrons. The first-order valence-corrected chi connectivity index (χ1v) is 6.11. The highest BCUT2D eigenvalue weighted by molar-refractivity contribution is 4.92. The van der Waals surface area contributed by atoms with Gasteiger partial charge >= 0.3 is 0 Å². The van der Waals surface area contributed by atoms with Crippen LogP contribution < -0.4 is 5.32 Å². The molecule has 3 heteroatoms. The molecule has 0 saturated carbocycles. The van der Waals surface area contributed by atoms with Gasteiger partial charge in [0.05, 0.1) is 6.07 Å². The summed E-state index contributed by atoms with van der Waals surface area (Å²) in [4.78, 5) is 2.41. The average Bonchev–Trinajstić information content (AvgIpc) is 2.27. The third-order valence-electron chi connectivity index (χ3n) is 3.11. The second-order valence-electron chi connectivity index (χ2n) is 4.62. The monoisotopic (exact) mass is 209 g/mol. The molecule has 1 aliphatic heterocycles. The van der Waals surface area contributed by atoms with Crippen molar-refractivity contribution >= 4 is 0 Å².